The Morgan fingerprint density at radius 3 is 2.83 bits per heavy atom. The second-order valence-electron chi connectivity index (χ2n) is 4.16. The van der Waals surface area contributed by atoms with Crippen LogP contribution < -0.4 is 5.73 Å². The maximum Gasteiger partial charge on any atom is 0.138 e. The molecule has 3 aromatic rings. The molecule has 0 atom stereocenters. The summed E-state index contributed by atoms with van der Waals surface area (Å²) >= 11 is 1.69. The SMILES string of the molecule is Cc1[nH]c(-c2cccc(N)c2)nc1-c1cccs1. The highest BCUT2D eigenvalue weighted by Crippen LogP contribution is 2.29. The minimum absolute atomic E-state index is 0.749. The van der Waals surface area contributed by atoms with E-state index in [9.17, 15) is 0 Å². The predicted octanol–water partition coefficient (Wildman–Crippen LogP) is 3.70. The van der Waals surface area contributed by atoms with Crippen LogP contribution in [0.4, 0.5) is 5.69 Å². The first-order chi connectivity index (χ1) is 8.74. The number of nitrogens with zero attached hydrogens (tertiary/aromatic N) is 1. The Bertz CT molecular complexity index is 668. The summed E-state index contributed by atoms with van der Waals surface area (Å²) in [5.41, 5.74) is 9.65. The smallest absolute Gasteiger partial charge is 0.138 e. The molecule has 0 saturated heterocycles. The molecule has 0 aliphatic carbocycles. The number of rotatable bonds is 2. The quantitative estimate of drug-likeness (QED) is 0.686. The van der Waals surface area contributed by atoms with Gasteiger partial charge in [0.05, 0.1) is 4.88 Å². The van der Waals surface area contributed by atoms with Gasteiger partial charge in [-0.2, -0.15) is 0 Å². The fourth-order valence-electron chi connectivity index (χ4n) is 1.94. The van der Waals surface area contributed by atoms with Gasteiger partial charge in [-0.05, 0) is 30.5 Å². The molecular weight excluding hydrogens is 242 g/mol. The van der Waals surface area contributed by atoms with E-state index in [0.29, 0.717) is 0 Å². The van der Waals surface area contributed by atoms with Gasteiger partial charge in [-0.15, -0.1) is 11.3 Å². The highest BCUT2D eigenvalue weighted by Gasteiger charge is 2.11. The van der Waals surface area contributed by atoms with Crippen LogP contribution in [0, 0.1) is 6.92 Å². The number of H-pyrrole nitrogens is 1. The summed E-state index contributed by atoms with van der Waals surface area (Å²) < 4.78 is 0. The van der Waals surface area contributed by atoms with Crippen LogP contribution >= 0.6 is 11.3 Å². The first kappa shape index (κ1) is 11.0. The average Bonchev–Trinajstić information content (AvgIpc) is 2.97. The van der Waals surface area contributed by atoms with Crippen molar-refractivity contribution in [2.75, 3.05) is 5.73 Å². The van der Waals surface area contributed by atoms with Crippen LogP contribution in [-0.4, -0.2) is 9.97 Å². The fourth-order valence-corrected chi connectivity index (χ4v) is 2.71. The number of thiophene rings is 1. The van der Waals surface area contributed by atoms with E-state index in [1.54, 1.807) is 11.3 Å². The summed E-state index contributed by atoms with van der Waals surface area (Å²) in [4.78, 5) is 9.16. The third-order valence-electron chi connectivity index (χ3n) is 2.80. The number of nitrogen functional groups attached to an aromatic ring is 1. The lowest BCUT2D eigenvalue weighted by Gasteiger charge is -1.97. The van der Waals surface area contributed by atoms with Crippen molar-refractivity contribution >= 4 is 17.0 Å². The molecule has 1 aromatic carbocycles. The summed E-state index contributed by atoms with van der Waals surface area (Å²) in [6.07, 6.45) is 0. The summed E-state index contributed by atoms with van der Waals surface area (Å²) in [5.74, 6) is 0.864. The first-order valence-electron chi connectivity index (χ1n) is 5.70. The van der Waals surface area contributed by atoms with Crippen LogP contribution in [0.1, 0.15) is 5.69 Å². The van der Waals surface area contributed by atoms with Crippen molar-refractivity contribution in [2.45, 2.75) is 6.92 Å². The van der Waals surface area contributed by atoms with Gasteiger partial charge < -0.3 is 10.7 Å². The molecule has 0 unspecified atom stereocenters. The Hall–Kier alpha value is -2.07. The molecule has 3 nitrogen and oxygen atoms in total. The molecule has 0 radical (unpaired) electrons. The van der Waals surface area contributed by atoms with E-state index in [-0.39, 0.29) is 0 Å². The highest BCUT2D eigenvalue weighted by atomic mass is 32.1. The maximum atomic E-state index is 5.80. The van der Waals surface area contributed by atoms with Crippen molar-refractivity contribution in [1.82, 2.24) is 9.97 Å². The largest absolute Gasteiger partial charge is 0.399 e. The second-order valence-corrected chi connectivity index (χ2v) is 5.11. The molecule has 2 heterocycles. The van der Waals surface area contributed by atoms with Gasteiger partial charge in [-0.1, -0.05) is 18.2 Å². The first-order valence-corrected chi connectivity index (χ1v) is 6.58. The van der Waals surface area contributed by atoms with Crippen molar-refractivity contribution in [2.24, 2.45) is 0 Å². The number of hydrogen-bond acceptors (Lipinski definition) is 3. The van der Waals surface area contributed by atoms with Crippen LogP contribution in [-0.2, 0) is 0 Å². The number of aryl methyl sites for hydroxylation is 1. The van der Waals surface area contributed by atoms with Gasteiger partial charge in [0.15, 0.2) is 0 Å². The molecule has 0 fully saturated rings. The number of hydrogen-bond donors (Lipinski definition) is 2. The number of nitrogens with two attached hydrogens (primary N) is 1. The van der Waals surface area contributed by atoms with Crippen molar-refractivity contribution in [1.29, 1.82) is 0 Å². The highest BCUT2D eigenvalue weighted by molar-refractivity contribution is 7.13. The van der Waals surface area contributed by atoms with Crippen LogP contribution in [0.5, 0.6) is 0 Å². The van der Waals surface area contributed by atoms with Crippen molar-refractivity contribution < 1.29 is 0 Å². The fraction of sp³-hybridized carbons (Fsp3) is 0.0714. The Morgan fingerprint density at radius 2 is 2.11 bits per heavy atom. The van der Waals surface area contributed by atoms with E-state index in [1.165, 1.54) is 4.88 Å². The molecule has 0 aliphatic heterocycles. The van der Waals surface area contributed by atoms with Gasteiger partial charge in [0, 0.05) is 16.9 Å². The lowest BCUT2D eigenvalue weighted by molar-refractivity contribution is 1.26. The number of imidazole rings is 1. The summed E-state index contributed by atoms with van der Waals surface area (Å²) in [5, 5.41) is 2.06. The molecule has 3 rings (SSSR count). The monoisotopic (exact) mass is 255 g/mol. The van der Waals surface area contributed by atoms with Gasteiger partial charge >= 0.3 is 0 Å². The van der Waals surface area contributed by atoms with Gasteiger partial charge in [-0.25, -0.2) is 4.98 Å². The standard InChI is InChI=1S/C14H13N3S/c1-9-13(12-6-3-7-18-12)17-14(16-9)10-4-2-5-11(15)8-10/h2-8H,15H2,1H3,(H,16,17). The van der Waals surface area contributed by atoms with Gasteiger partial charge in [-0.3, -0.25) is 0 Å². The molecule has 3 N–H and O–H groups in total. The number of nitrogens with one attached hydrogen (secondary N) is 1. The van der Waals surface area contributed by atoms with Crippen molar-refractivity contribution in [3.05, 3.63) is 47.5 Å². The van der Waals surface area contributed by atoms with Crippen LogP contribution in [0.3, 0.4) is 0 Å². The molecule has 18 heavy (non-hydrogen) atoms. The number of anilines is 1. The molecule has 4 heteroatoms. The summed E-state index contributed by atoms with van der Waals surface area (Å²) in [6, 6.07) is 11.9. The molecule has 0 bridgehead atoms. The minimum Gasteiger partial charge on any atom is -0.399 e. The van der Waals surface area contributed by atoms with E-state index in [2.05, 4.69) is 21.4 Å². The van der Waals surface area contributed by atoms with Crippen LogP contribution in [0.25, 0.3) is 22.0 Å². The van der Waals surface area contributed by atoms with E-state index in [4.69, 9.17) is 5.73 Å². The molecule has 2 aromatic heterocycles. The maximum absolute atomic E-state index is 5.80. The molecule has 90 valence electrons. The number of aromatic amines is 1. The summed E-state index contributed by atoms with van der Waals surface area (Å²) in [6.45, 7) is 2.04. The van der Waals surface area contributed by atoms with Crippen molar-refractivity contribution in [3.63, 3.8) is 0 Å². The van der Waals surface area contributed by atoms with Gasteiger partial charge in [0.1, 0.15) is 11.5 Å². The average molecular weight is 255 g/mol. The van der Waals surface area contributed by atoms with Crippen molar-refractivity contribution in [3.8, 4) is 22.0 Å². The zero-order valence-corrected chi connectivity index (χ0v) is 10.8. The van der Waals surface area contributed by atoms with E-state index >= 15 is 0 Å². The predicted molar refractivity (Wildman–Crippen MR) is 76.5 cm³/mol. The van der Waals surface area contributed by atoms with Gasteiger partial charge in [0.2, 0.25) is 0 Å². The number of aromatic nitrogens is 2. The molecule has 0 spiro atoms. The third-order valence-corrected chi connectivity index (χ3v) is 3.68. The van der Waals surface area contributed by atoms with Gasteiger partial charge in [0.25, 0.3) is 0 Å². The Labute approximate surface area is 109 Å². The molecule has 0 saturated carbocycles. The van der Waals surface area contributed by atoms with Crippen LogP contribution in [0.15, 0.2) is 41.8 Å². The lowest BCUT2D eigenvalue weighted by atomic mass is 10.2. The van der Waals surface area contributed by atoms with E-state index in [0.717, 1.165) is 28.5 Å². The number of benzene rings is 1. The molecular formula is C14H13N3S. The topological polar surface area (TPSA) is 54.7 Å². The summed E-state index contributed by atoms with van der Waals surface area (Å²) in [7, 11) is 0. The Morgan fingerprint density at radius 1 is 1.22 bits per heavy atom. The molecule has 0 aliphatic rings. The third kappa shape index (κ3) is 1.91. The van der Waals surface area contributed by atoms with E-state index < -0.39 is 0 Å². The Kier molecular flexibility index (Phi) is 2.64. The molecule has 0 amide bonds. The second kappa shape index (κ2) is 4.31. The minimum atomic E-state index is 0.749. The zero-order chi connectivity index (χ0) is 12.5. The van der Waals surface area contributed by atoms with E-state index in [1.807, 2.05) is 37.3 Å². The normalized spacial score (nSPS) is 10.7. The Balaban J connectivity index is 2.08. The zero-order valence-electron chi connectivity index (χ0n) is 9.97. The van der Waals surface area contributed by atoms with Crippen LogP contribution in [0.2, 0.25) is 0 Å². The lowest BCUT2D eigenvalue weighted by Crippen LogP contribution is -1.86.